The smallest absolute Gasteiger partial charge is 0.0464 e. The fraction of sp³-hybridized carbons (Fsp3) is 0.259. The minimum atomic E-state index is 1.08. The van der Waals surface area contributed by atoms with E-state index in [1.807, 2.05) is 64.2 Å². The van der Waals surface area contributed by atoms with Crippen LogP contribution in [0.3, 0.4) is 0 Å². The van der Waals surface area contributed by atoms with Crippen LogP contribution in [0.4, 0.5) is 0 Å². The predicted octanol–water partition coefficient (Wildman–Crippen LogP) is 9.44. The Bertz CT molecular complexity index is 1010. The van der Waals surface area contributed by atoms with Gasteiger partial charge >= 0.3 is 0 Å². The summed E-state index contributed by atoms with van der Waals surface area (Å²) in [6, 6.07) is 6.75. The zero-order chi connectivity index (χ0) is 22.0. The number of aromatic amines is 1. The first-order valence-electron chi connectivity index (χ1n) is 10.4. The van der Waals surface area contributed by atoms with E-state index < -0.39 is 0 Å². The zero-order valence-electron chi connectivity index (χ0n) is 19.0. The molecule has 0 unspecified atom stereocenters. The molecule has 0 fully saturated rings. The lowest BCUT2D eigenvalue weighted by Crippen LogP contribution is -1.83. The molecule has 2 aromatic heterocycles. The van der Waals surface area contributed by atoms with Crippen molar-refractivity contribution in [1.82, 2.24) is 4.98 Å². The van der Waals surface area contributed by atoms with Crippen LogP contribution in [0, 0.1) is 13.8 Å². The maximum Gasteiger partial charge on any atom is 0.0464 e. The standard InChI is InChI=1S/C23H23NS.2C2H6/c1-6-9-11-18-16(5)25-22-13-12-17(14-19(18)22)23-15(4)20(8-3)24-21(23)10-7-2;2*1-2/h6-14,24H,1,3H2,2,4-5H3;2*1-2H3/b10-7-,11-9-;;. The first kappa shape index (κ1) is 24.5. The van der Waals surface area contributed by atoms with Crippen LogP contribution in [-0.4, -0.2) is 4.98 Å². The number of fused-ring (bicyclic) bond motifs is 1. The number of hydrogen-bond donors (Lipinski definition) is 1. The number of aromatic nitrogens is 1. The number of allylic oxidation sites excluding steroid dienone is 3. The Morgan fingerprint density at radius 1 is 0.966 bits per heavy atom. The van der Waals surface area contributed by atoms with Gasteiger partial charge in [-0.05, 0) is 61.7 Å². The van der Waals surface area contributed by atoms with Crippen molar-refractivity contribution in [3.05, 3.63) is 77.0 Å². The van der Waals surface area contributed by atoms with Gasteiger partial charge in [-0.25, -0.2) is 0 Å². The summed E-state index contributed by atoms with van der Waals surface area (Å²) in [6.45, 7) is 22.1. The number of rotatable bonds is 5. The van der Waals surface area contributed by atoms with Gasteiger partial charge < -0.3 is 4.98 Å². The average Bonchev–Trinajstić information content (AvgIpc) is 3.24. The molecule has 0 aliphatic heterocycles. The molecular weight excluding hydrogens is 370 g/mol. The van der Waals surface area contributed by atoms with Gasteiger partial charge in [-0.3, -0.25) is 0 Å². The second kappa shape index (κ2) is 12.1. The van der Waals surface area contributed by atoms with Crippen LogP contribution in [0.5, 0.6) is 0 Å². The number of aryl methyl sites for hydroxylation is 1. The zero-order valence-corrected chi connectivity index (χ0v) is 19.8. The van der Waals surface area contributed by atoms with E-state index in [-0.39, 0.29) is 0 Å². The van der Waals surface area contributed by atoms with Crippen molar-refractivity contribution in [2.45, 2.75) is 48.5 Å². The Morgan fingerprint density at radius 2 is 1.66 bits per heavy atom. The number of nitrogens with one attached hydrogen (secondary N) is 1. The van der Waals surface area contributed by atoms with E-state index in [2.05, 4.69) is 68.4 Å². The lowest BCUT2D eigenvalue weighted by Gasteiger charge is -2.05. The molecule has 1 aromatic carbocycles. The van der Waals surface area contributed by atoms with E-state index in [1.165, 1.54) is 37.2 Å². The summed E-state index contributed by atoms with van der Waals surface area (Å²) < 4.78 is 1.31. The summed E-state index contributed by atoms with van der Waals surface area (Å²) in [5.74, 6) is 0. The second-order valence-corrected chi connectivity index (χ2v) is 7.29. The Balaban J connectivity index is 0.000000989. The highest BCUT2D eigenvalue weighted by Crippen LogP contribution is 2.38. The van der Waals surface area contributed by atoms with Gasteiger partial charge in [0.15, 0.2) is 0 Å². The van der Waals surface area contributed by atoms with E-state index >= 15 is 0 Å². The van der Waals surface area contributed by atoms with Gasteiger partial charge in [0.25, 0.3) is 0 Å². The van der Waals surface area contributed by atoms with Crippen LogP contribution < -0.4 is 0 Å². The summed E-state index contributed by atoms with van der Waals surface area (Å²) in [5.41, 5.74) is 7.20. The van der Waals surface area contributed by atoms with Gasteiger partial charge in [0.1, 0.15) is 0 Å². The molecule has 3 rings (SSSR count). The molecule has 29 heavy (non-hydrogen) atoms. The van der Waals surface area contributed by atoms with Gasteiger partial charge in [-0.15, -0.1) is 11.3 Å². The van der Waals surface area contributed by atoms with Gasteiger partial charge in [-0.2, -0.15) is 0 Å². The largest absolute Gasteiger partial charge is 0.355 e. The minimum absolute atomic E-state index is 1.08. The predicted molar refractivity (Wildman–Crippen MR) is 138 cm³/mol. The average molecular weight is 406 g/mol. The SMILES string of the molecule is C=C/C=C\c1c(C)sc2ccc(-c3c(/C=C\C)[nH]c(C=C)c3C)cc12.CC.CC. The monoisotopic (exact) mass is 405 g/mol. The molecule has 154 valence electrons. The van der Waals surface area contributed by atoms with Crippen LogP contribution in [0.25, 0.3) is 39.4 Å². The lowest BCUT2D eigenvalue weighted by molar-refractivity contribution is 1.32. The molecule has 0 atom stereocenters. The Kier molecular flexibility index (Phi) is 10.2. The molecule has 0 radical (unpaired) electrons. The maximum absolute atomic E-state index is 3.93. The van der Waals surface area contributed by atoms with Crippen molar-refractivity contribution >= 4 is 39.7 Å². The fourth-order valence-electron chi connectivity index (χ4n) is 3.27. The van der Waals surface area contributed by atoms with Crippen molar-refractivity contribution in [2.75, 3.05) is 0 Å². The molecule has 1 N–H and O–H groups in total. The van der Waals surface area contributed by atoms with Gasteiger partial charge in [0.2, 0.25) is 0 Å². The minimum Gasteiger partial charge on any atom is -0.355 e. The molecule has 1 nitrogen and oxygen atoms in total. The maximum atomic E-state index is 3.93. The number of thiophene rings is 1. The third kappa shape index (κ3) is 5.27. The van der Waals surface area contributed by atoms with E-state index in [1.54, 1.807) is 0 Å². The van der Waals surface area contributed by atoms with Crippen molar-refractivity contribution in [3.8, 4) is 11.1 Å². The number of benzene rings is 1. The normalized spacial score (nSPS) is 10.6. The molecule has 2 heteroatoms. The second-order valence-electron chi connectivity index (χ2n) is 6.03. The van der Waals surface area contributed by atoms with E-state index in [9.17, 15) is 0 Å². The van der Waals surface area contributed by atoms with Crippen molar-refractivity contribution in [2.24, 2.45) is 0 Å². The summed E-state index contributed by atoms with van der Waals surface area (Å²) in [7, 11) is 0. The highest BCUT2D eigenvalue weighted by Gasteiger charge is 2.15. The summed E-state index contributed by atoms with van der Waals surface area (Å²) in [4.78, 5) is 4.80. The highest BCUT2D eigenvalue weighted by atomic mass is 32.1. The van der Waals surface area contributed by atoms with Crippen molar-refractivity contribution < 1.29 is 0 Å². The molecule has 0 amide bonds. The van der Waals surface area contributed by atoms with Crippen LogP contribution in [0.1, 0.15) is 62.0 Å². The molecule has 0 saturated carbocycles. The fourth-order valence-corrected chi connectivity index (χ4v) is 4.30. The third-order valence-corrected chi connectivity index (χ3v) is 5.56. The van der Waals surface area contributed by atoms with Crippen LogP contribution in [0.2, 0.25) is 0 Å². The molecule has 3 aromatic rings. The van der Waals surface area contributed by atoms with Crippen LogP contribution in [-0.2, 0) is 0 Å². The molecule has 0 saturated heterocycles. The lowest BCUT2D eigenvalue weighted by atomic mass is 9.98. The molecule has 0 aliphatic carbocycles. The topological polar surface area (TPSA) is 15.8 Å². The third-order valence-electron chi connectivity index (χ3n) is 4.45. The Morgan fingerprint density at radius 3 is 2.24 bits per heavy atom. The van der Waals surface area contributed by atoms with Gasteiger partial charge in [0.05, 0.1) is 0 Å². The molecule has 0 aliphatic rings. The highest BCUT2D eigenvalue weighted by molar-refractivity contribution is 7.19. The van der Waals surface area contributed by atoms with Gasteiger partial charge in [-0.1, -0.05) is 71.2 Å². The molecular formula is C27H35NS. The first-order chi connectivity index (χ1) is 14.1. The number of H-pyrrole nitrogens is 1. The van der Waals surface area contributed by atoms with E-state index in [0.717, 1.165) is 11.4 Å². The Hall–Kier alpha value is -2.58. The summed E-state index contributed by atoms with van der Waals surface area (Å²) in [6.07, 6.45) is 12.0. The van der Waals surface area contributed by atoms with Crippen molar-refractivity contribution in [3.63, 3.8) is 0 Å². The van der Waals surface area contributed by atoms with Gasteiger partial charge in [0, 0.05) is 31.9 Å². The number of hydrogen-bond acceptors (Lipinski definition) is 1. The van der Waals surface area contributed by atoms with E-state index in [4.69, 9.17) is 0 Å². The first-order valence-corrected chi connectivity index (χ1v) is 11.2. The van der Waals surface area contributed by atoms with E-state index in [0.29, 0.717) is 0 Å². The van der Waals surface area contributed by atoms with Crippen LogP contribution >= 0.6 is 11.3 Å². The molecule has 2 heterocycles. The van der Waals surface area contributed by atoms with Crippen molar-refractivity contribution in [1.29, 1.82) is 0 Å². The molecule has 0 bridgehead atoms. The quantitative estimate of drug-likeness (QED) is 0.407. The molecule has 0 spiro atoms. The Labute approximate surface area is 181 Å². The summed E-state index contributed by atoms with van der Waals surface area (Å²) >= 11 is 1.84. The van der Waals surface area contributed by atoms with Crippen LogP contribution in [0.15, 0.2) is 49.6 Å². The summed E-state index contributed by atoms with van der Waals surface area (Å²) in [5, 5.41) is 1.30.